The Bertz CT molecular complexity index is 3940. The summed E-state index contributed by atoms with van der Waals surface area (Å²) < 4.78 is 4.93. The first-order chi connectivity index (χ1) is 33.7. The number of thiophene rings is 1. The van der Waals surface area contributed by atoms with Gasteiger partial charge in [0, 0.05) is 48.6 Å². The van der Waals surface area contributed by atoms with Crippen molar-refractivity contribution < 1.29 is 0 Å². The topological polar surface area (TPSA) is 43.6 Å². The molecule has 10 aromatic carbocycles. The van der Waals surface area contributed by atoms with Crippen molar-refractivity contribution in [2.45, 2.75) is 0 Å². The second-order valence-electron chi connectivity index (χ2n) is 17.1. The van der Waals surface area contributed by atoms with Gasteiger partial charge < -0.3 is 4.57 Å². The minimum absolute atomic E-state index is 0.612. The van der Waals surface area contributed by atoms with E-state index >= 15 is 0 Å². The van der Waals surface area contributed by atoms with Gasteiger partial charge in [-0.1, -0.05) is 206 Å². The largest absolute Gasteiger partial charge is 0.308 e. The predicted octanol–water partition coefficient (Wildman–Crippen LogP) is 17.0. The number of aromatic nitrogens is 4. The summed E-state index contributed by atoms with van der Waals surface area (Å²) in [7, 11) is 0. The zero-order valence-electron chi connectivity index (χ0n) is 36.8. The van der Waals surface area contributed by atoms with Crippen molar-refractivity contribution in [1.29, 1.82) is 0 Å². The fourth-order valence-electron chi connectivity index (χ4n) is 9.84. The molecule has 0 atom stereocenters. The molecule has 0 bridgehead atoms. The average molecular weight is 885 g/mol. The van der Waals surface area contributed by atoms with Gasteiger partial charge in [-0.2, -0.15) is 0 Å². The van der Waals surface area contributed by atoms with Crippen molar-refractivity contribution in [3.8, 4) is 84.4 Å². The van der Waals surface area contributed by atoms with E-state index < -0.39 is 0 Å². The molecule has 0 radical (unpaired) electrons. The highest BCUT2D eigenvalue weighted by atomic mass is 32.1. The molecular weight excluding hydrogens is 845 g/mol. The number of fused-ring (bicyclic) bond motifs is 7. The molecule has 0 spiro atoms. The van der Waals surface area contributed by atoms with E-state index in [1.54, 1.807) is 0 Å². The summed E-state index contributed by atoms with van der Waals surface area (Å²) in [5.74, 6) is 1.86. The maximum absolute atomic E-state index is 5.33. The first kappa shape index (κ1) is 39.6. The smallest absolute Gasteiger partial charge is 0.164 e. The van der Waals surface area contributed by atoms with Gasteiger partial charge in [0.15, 0.2) is 17.5 Å². The third-order valence-electron chi connectivity index (χ3n) is 13.1. The van der Waals surface area contributed by atoms with Gasteiger partial charge in [0.25, 0.3) is 0 Å². The van der Waals surface area contributed by atoms with Crippen molar-refractivity contribution in [2.75, 3.05) is 0 Å². The van der Waals surface area contributed by atoms with Crippen molar-refractivity contribution >= 4 is 53.3 Å². The Morgan fingerprint density at radius 1 is 0.294 bits per heavy atom. The van der Waals surface area contributed by atoms with Gasteiger partial charge in [0.1, 0.15) is 0 Å². The van der Waals surface area contributed by atoms with Gasteiger partial charge in [-0.05, 0) is 80.9 Å². The maximum atomic E-state index is 5.33. The van der Waals surface area contributed by atoms with Crippen molar-refractivity contribution in [1.82, 2.24) is 19.5 Å². The third-order valence-corrected chi connectivity index (χ3v) is 14.3. The number of hydrogen-bond donors (Lipinski definition) is 0. The summed E-state index contributed by atoms with van der Waals surface area (Å²) in [5.41, 5.74) is 15.3. The molecule has 0 aliphatic carbocycles. The van der Waals surface area contributed by atoms with E-state index in [2.05, 4.69) is 211 Å². The van der Waals surface area contributed by atoms with Crippen molar-refractivity contribution in [2.24, 2.45) is 0 Å². The van der Waals surface area contributed by atoms with E-state index in [9.17, 15) is 0 Å². The zero-order chi connectivity index (χ0) is 45.0. The van der Waals surface area contributed by atoms with Crippen LogP contribution in [0.15, 0.2) is 243 Å². The van der Waals surface area contributed by atoms with Crippen LogP contribution >= 0.6 is 11.3 Å². The van der Waals surface area contributed by atoms with Crippen LogP contribution in [-0.4, -0.2) is 19.5 Å². The monoisotopic (exact) mass is 884 g/mol. The van der Waals surface area contributed by atoms with E-state index in [1.807, 2.05) is 47.7 Å². The maximum Gasteiger partial charge on any atom is 0.164 e. The van der Waals surface area contributed by atoms with Crippen molar-refractivity contribution in [3.05, 3.63) is 243 Å². The van der Waals surface area contributed by atoms with Crippen LogP contribution in [0.4, 0.5) is 0 Å². The van der Waals surface area contributed by atoms with Gasteiger partial charge >= 0.3 is 0 Å². The van der Waals surface area contributed by atoms with E-state index in [0.717, 1.165) is 61.3 Å². The van der Waals surface area contributed by atoms with Crippen LogP contribution in [0.25, 0.3) is 126 Å². The lowest BCUT2D eigenvalue weighted by Crippen LogP contribution is -2.01. The Kier molecular flexibility index (Phi) is 9.66. The molecule has 0 amide bonds. The molecule has 0 saturated heterocycles. The Hall–Kier alpha value is -8.77. The van der Waals surface area contributed by atoms with Crippen LogP contribution in [0.1, 0.15) is 0 Å². The van der Waals surface area contributed by atoms with Gasteiger partial charge in [-0.25, -0.2) is 15.0 Å². The first-order valence-electron chi connectivity index (χ1n) is 22.9. The van der Waals surface area contributed by atoms with E-state index in [0.29, 0.717) is 17.5 Å². The molecular formula is C63H40N4S. The molecule has 0 aliphatic rings. The second kappa shape index (κ2) is 16.6. The Labute approximate surface area is 397 Å². The SMILES string of the molecule is c1ccc(-c2ccc(-c3ccccc3)c(-c3ccc(-c4ccc5c(c4)sc4c5ccc5c6ccccc6n(-c6ccccc6)c54)c(-c4nc(-c5ccccc5)nc(-c5ccccc5)n4)c3)c2)cc1. The molecule has 0 aliphatic heterocycles. The zero-order valence-corrected chi connectivity index (χ0v) is 37.6. The molecule has 0 fully saturated rings. The molecule has 68 heavy (non-hydrogen) atoms. The highest BCUT2D eigenvalue weighted by Gasteiger charge is 2.21. The minimum Gasteiger partial charge on any atom is -0.308 e. The van der Waals surface area contributed by atoms with E-state index in [-0.39, 0.29) is 0 Å². The highest BCUT2D eigenvalue weighted by Crippen LogP contribution is 2.46. The number of para-hydroxylation sites is 2. The summed E-state index contributed by atoms with van der Waals surface area (Å²) in [6.07, 6.45) is 0. The van der Waals surface area contributed by atoms with Gasteiger partial charge in [-0.3, -0.25) is 0 Å². The van der Waals surface area contributed by atoms with Crippen LogP contribution in [0.3, 0.4) is 0 Å². The molecule has 0 N–H and O–H groups in total. The quantitative estimate of drug-likeness (QED) is 0.153. The van der Waals surface area contributed by atoms with Gasteiger partial charge in [0.05, 0.1) is 15.7 Å². The number of benzene rings is 10. The Morgan fingerprint density at radius 3 is 1.46 bits per heavy atom. The fraction of sp³-hybridized carbons (Fsp3) is 0. The van der Waals surface area contributed by atoms with Gasteiger partial charge in [-0.15, -0.1) is 11.3 Å². The molecule has 13 rings (SSSR count). The lowest BCUT2D eigenvalue weighted by Gasteiger charge is -2.17. The Balaban J connectivity index is 1.06. The van der Waals surface area contributed by atoms with Crippen LogP contribution in [0, 0.1) is 0 Å². The lowest BCUT2D eigenvalue weighted by atomic mass is 9.88. The number of nitrogens with zero attached hydrogens (tertiary/aromatic N) is 4. The van der Waals surface area contributed by atoms with E-state index in [4.69, 9.17) is 15.0 Å². The molecule has 0 saturated carbocycles. The highest BCUT2D eigenvalue weighted by molar-refractivity contribution is 7.26. The summed E-state index contributed by atoms with van der Waals surface area (Å²) in [4.78, 5) is 15.8. The van der Waals surface area contributed by atoms with Crippen LogP contribution in [0.5, 0.6) is 0 Å². The Morgan fingerprint density at radius 2 is 0.779 bits per heavy atom. The summed E-state index contributed by atoms with van der Waals surface area (Å²) >= 11 is 1.86. The number of hydrogen-bond acceptors (Lipinski definition) is 4. The lowest BCUT2D eigenvalue weighted by molar-refractivity contribution is 1.07. The molecule has 318 valence electrons. The molecule has 3 heterocycles. The normalized spacial score (nSPS) is 11.5. The second-order valence-corrected chi connectivity index (χ2v) is 18.2. The fourth-order valence-corrected chi connectivity index (χ4v) is 11.1. The van der Waals surface area contributed by atoms with Crippen molar-refractivity contribution in [3.63, 3.8) is 0 Å². The summed E-state index contributed by atoms with van der Waals surface area (Å²) in [5, 5.41) is 5.00. The number of rotatable bonds is 8. The predicted molar refractivity (Wildman–Crippen MR) is 285 cm³/mol. The first-order valence-corrected chi connectivity index (χ1v) is 23.7. The molecule has 0 unspecified atom stereocenters. The van der Waals surface area contributed by atoms with Crippen LogP contribution in [-0.2, 0) is 0 Å². The molecule has 13 aromatic rings. The average Bonchev–Trinajstić information content (AvgIpc) is 3.97. The third kappa shape index (κ3) is 6.88. The molecule has 4 nitrogen and oxygen atoms in total. The minimum atomic E-state index is 0.612. The summed E-state index contributed by atoms with van der Waals surface area (Å²) in [6, 6.07) is 86.4. The summed E-state index contributed by atoms with van der Waals surface area (Å²) in [6.45, 7) is 0. The van der Waals surface area contributed by atoms with Crippen LogP contribution < -0.4 is 0 Å². The molecule has 5 heteroatoms. The van der Waals surface area contributed by atoms with Crippen LogP contribution in [0.2, 0.25) is 0 Å². The van der Waals surface area contributed by atoms with E-state index in [1.165, 1.54) is 47.5 Å². The molecule has 3 aromatic heterocycles. The standard InChI is InChI=1S/C63H40N4S/c1-6-18-41(19-7-1)45-30-33-49(42-20-8-2-9-21-42)55(38-45)46-31-34-50(56(39-46)63-65-61(43-22-10-3-11-23-43)64-62(66-63)44-24-12-4-13-25-44)47-32-35-52-54-37-36-53-51-28-16-17-29-57(51)67(48-26-14-5-15-27-48)59(53)60(54)68-58(52)40-47/h1-40H. The van der Waals surface area contributed by atoms with Gasteiger partial charge in [0.2, 0.25) is 0 Å².